The lowest BCUT2D eigenvalue weighted by atomic mass is 9.95. The Morgan fingerprint density at radius 2 is 2.12 bits per heavy atom. The molecule has 138 valence electrons. The third-order valence-corrected chi connectivity index (χ3v) is 5.74. The van der Waals surface area contributed by atoms with E-state index in [4.69, 9.17) is 0 Å². The Bertz CT molecular complexity index is 740. The van der Waals surface area contributed by atoms with Gasteiger partial charge in [-0.25, -0.2) is 0 Å². The molecule has 1 aromatic carbocycles. The summed E-state index contributed by atoms with van der Waals surface area (Å²) in [6, 6.07) is 11.0. The molecule has 2 aliphatic heterocycles. The van der Waals surface area contributed by atoms with E-state index in [1.807, 2.05) is 0 Å². The lowest BCUT2D eigenvalue weighted by Crippen LogP contribution is -2.44. The number of hydrogen-bond donors (Lipinski definition) is 2. The summed E-state index contributed by atoms with van der Waals surface area (Å²) in [4.78, 5) is 15.3. The summed E-state index contributed by atoms with van der Waals surface area (Å²) in [6.45, 7) is 2.57. The Balaban J connectivity index is 1.42. The minimum Gasteiger partial charge on any atom is -0.334 e. The normalized spacial score (nSPS) is 20.0. The summed E-state index contributed by atoms with van der Waals surface area (Å²) >= 11 is 0. The number of aryl methyl sites for hydroxylation is 1. The van der Waals surface area contributed by atoms with Crippen molar-refractivity contribution < 1.29 is 4.79 Å². The average molecular weight is 352 g/mol. The van der Waals surface area contributed by atoms with E-state index >= 15 is 0 Å². The molecule has 1 atom stereocenters. The molecule has 5 nitrogen and oxygen atoms in total. The van der Waals surface area contributed by atoms with E-state index in [9.17, 15) is 4.79 Å². The minimum absolute atomic E-state index is 0.121. The van der Waals surface area contributed by atoms with Crippen molar-refractivity contribution in [2.24, 2.45) is 0 Å². The molecule has 2 aliphatic rings. The molecule has 0 saturated carbocycles. The van der Waals surface area contributed by atoms with Gasteiger partial charge in [0.15, 0.2) is 5.69 Å². The molecule has 0 radical (unpaired) electrons. The lowest BCUT2D eigenvalue weighted by Gasteiger charge is -2.36. The molecule has 1 unspecified atom stereocenters. The maximum absolute atomic E-state index is 13.2. The second kappa shape index (κ2) is 8.04. The van der Waals surface area contributed by atoms with Crippen LogP contribution in [-0.4, -0.2) is 40.1 Å². The average Bonchev–Trinajstić information content (AvgIpc) is 3.13. The molecule has 1 aromatic heterocycles. The van der Waals surface area contributed by atoms with Crippen LogP contribution in [0.5, 0.6) is 0 Å². The summed E-state index contributed by atoms with van der Waals surface area (Å²) in [5, 5.41) is 10.8. The number of aromatic nitrogens is 2. The molecule has 0 aliphatic carbocycles. The van der Waals surface area contributed by atoms with Gasteiger partial charge in [-0.15, -0.1) is 0 Å². The fraction of sp³-hybridized carbons (Fsp3) is 0.524. The molecule has 5 heteroatoms. The minimum atomic E-state index is 0.121. The highest BCUT2D eigenvalue weighted by molar-refractivity contribution is 5.94. The van der Waals surface area contributed by atoms with Crippen molar-refractivity contribution in [1.29, 1.82) is 0 Å². The van der Waals surface area contributed by atoms with Crippen LogP contribution in [0.1, 0.15) is 59.4 Å². The van der Waals surface area contributed by atoms with Gasteiger partial charge in [0, 0.05) is 43.4 Å². The fourth-order valence-corrected chi connectivity index (χ4v) is 4.29. The maximum Gasteiger partial charge on any atom is 0.274 e. The second-order valence-corrected chi connectivity index (χ2v) is 7.48. The molecule has 4 rings (SSSR count). The summed E-state index contributed by atoms with van der Waals surface area (Å²) in [6.07, 6.45) is 7.65. The number of H-pyrrole nitrogens is 1. The van der Waals surface area contributed by atoms with Crippen LogP contribution >= 0.6 is 0 Å². The molecule has 0 spiro atoms. The largest absolute Gasteiger partial charge is 0.334 e. The van der Waals surface area contributed by atoms with Crippen molar-refractivity contribution in [3.05, 3.63) is 52.8 Å². The number of rotatable bonds is 5. The first-order valence-electron chi connectivity index (χ1n) is 9.94. The van der Waals surface area contributed by atoms with E-state index in [-0.39, 0.29) is 5.91 Å². The Kier molecular flexibility index (Phi) is 5.34. The quantitative estimate of drug-likeness (QED) is 0.869. The molecular weight excluding hydrogens is 324 g/mol. The van der Waals surface area contributed by atoms with Crippen LogP contribution in [0, 0.1) is 0 Å². The van der Waals surface area contributed by atoms with Crippen molar-refractivity contribution in [1.82, 2.24) is 20.4 Å². The van der Waals surface area contributed by atoms with Gasteiger partial charge in [0.05, 0.1) is 0 Å². The van der Waals surface area contributed by atoms with Crippen molar-refractivity contribution in [3.8, 4) is 0 Å². The summed E-state index contributed by atoms with van der Waals surface area (Å²) in [5.74, 6) is 0.121. The number of nitrogens with one attached hydrogen (secondary N) is 2. The van der Waals surface area contributed by atoms with E-state index in [1.165, 1.54) is 12.0 Å². The van der Waals surface area contributed by atoms with Crippen LogP contribution in [0.4, 0.5) is 0 Å². The Morgan fingerprint density at radius 1 is 1.23 bits per heavy atom. The van der Waals surface area contributed by atoms with Crippen LogP contribution in [0.25, 0.3) is 0 Å². The maximum atomic E-state index is 13.2. The number of hydrogen-bond acceptors (Lipinski definition) is 3. The topological polar surface area (TPSA) is 61.0 Å². The van der Waals surface area contributed by atoms with E-state index in [0.717, 1.165) is 69.4 Å². The third-order valence-electron chi connectivity index (χ3n) is 5.74. The van der Waals surface area contributed by atoms with E-state index < -0.39 is 0 Å². The highest BCUT2D eigenvalue weighted by atomic mass is 16.2. The standard InChI is InChI=1S/C21H28N4O/c26-21(20-18-15-22-13-12-19(18)23-24-20)25-14-5-4-10-17(25)11-6-9-16-7-2-1-3-8-16/h1-3,7-8,17,22H,4-6,9-15H2,(H,23,24). The monoisotopic (exact) mass is 352 g/mol. The Labute approximate surface area is 155 Å². The molecule has 2 N–H and O–H groups in total. The lowest BCUT2D eigenvalue weighted by molar-refractivity contribution is 0.0591. The zero-order chi connectivity index (χ0) is 17.8. The number of fused-ring (bicyclic) bond motifs is 1. The van der Waals surface area contributed by atoms with E-state index in [1.54, 1.807) is 0 Å². The summed E-state index contributed by atoms with van der Waals surface area (Å²) in [7, 11) is 0. The number of piperidine rings is 1. The number of benzene rings is 1. The van der Waals surface area contributed by atoms with Crippen molar-refractivity contribution >= 4 is 5.91 Å². The van der Waals surface area contributed by atoms with Gasteiger partial charge in [0.25, 0.3) is 5.91 Å². The van der Waals surface area contributed by atoms with Crippen molar-refractivity contribution in [3.63, 3.8) is 0 Å². The smallest absolute Gasteiger partial charge is 0.274 e. The van der Waals surface area contributed by atoms with Crippen molar-refractivity contribution in [2.45, 2.75) is 57.5 Å². The zero-order valence-corrected chi connectivity index (χ0v) is 15.3. The number of carbonyl (C=O) groups is 1. The van der Waals surface area contributed by atoms with Gasteiger partial charge in [-0.1, -0.05) is 30.3 Å². The number of carbonyl (C=O) groups excluding carboxylic acids is 1. The van der Waals surface area contributed by atoms with Crippen LogP contribution < -0.4 is 5.32 Å². The second-order valence-electron chi connectivity index (χ2n) is 7.48. The molecule has 2 aromatic rings. The van der Waals surface area contributed by atoms with E-state index in [2.05, 4.69) is 50.7 Å². The van der Waals surface area contributed by atoms with Gasteiger partial charge >= 0.3 is 0 Å². The van der Waals surface area contributed by atoms with E-state index in [0.29, 0.717) is 11.7 Å². The van der Waals surface area contributed by atoms with Gasteiger partial charge in [-0.05, 0) is 44.1 Å². The predicted molar refractivity (Wildman–Crippen MR) is 102 cm³/mol. The molecular formula is C21H28N4O. The molecule has 0 bridgehead atoms. The van der Waals surface area contributed by atoms with Crippen LogP contribution in [0.3, 0.4) is 0 Å². The fourth-order valence-electron chi connectivity index (χ4n) is 4.29. The third kappa shape index (κ3) is 3.68. The summed E-state index contributed by atoms with van der Waals surface area (Å²) in [5.41, 5.74) is 4.23. The molecule has 1 saturated heterocycles. The number of likely N-dealkylation sites (tertiary alicyclic amines) is 1. The molecule has 26 heavy (non-hydrogen) atoms. The first-order valence-corrected chi connectivity index (χ1v) is 9.94. The Hall–Kier alpha value is -2.14. The van der Waals surface area contributed by atoms with Gasteiger partial charge in [0.2, 0.25) is 0 Å². The van der Waals surface area contributed by atoms with Crippen LogP contribution in [0.2, 0.25) is 0 Å². The number of aromatic amines is 1. The van der Waals surface area contributed by atoms with Crippen molar-refractivity contribution in [2.75, 3.05) is 13.1 Å². The van der Waals surface area contributed by atoms with Gasteiger partial charge in [0.1, 0.15) is 0 Å². The SMILES string of the molecule is O=C(c1n[nH]c2c1CNCC2)N1CCCCC1CCCc1ccccc1. The molecule has 1 amide bonds. The molecule has 1 fully saturated rings. The summed E-state index contributed by atoms with van der Waals surface area (Å²) < 4.78 is 0. The Morgan fingerprint density at radius 3 is 3.00 bits per heavy atom. The first kappa shape index (κ1) is 17.3. The predicted octanol–water partition coefficient (Wildman–Crippen LogP) is 3.07. The molecule has 3 heterocycles. The zero-order valence-electron chi connectivity index (χ0n) is 15.3. The van der Waals surface area contributed by atoms with Crippen LogP contribution in [0.15, 0.2) is 30.3 Å². The van der Waals surface area contributed by atoms with Gasteiger partial charge in [-0.2, -0.15) is 5.10 Å². The number of amides is 1. The van der Waals surface area contributed by atoms with Gasteiger partial charge < -0.3 is 10.2 Å². The number of nitrogens with zero attached hydrogens (tertiary/aromatic N) is 2. The first-order chi connectivity index (χ1) is 12.8. The van der Waals surface area contributed by atoms with Gasteiger partial charge in [-0.3, -0.25) is 9.89 Å². The highest BCUT2D eigenvalue weighted by Crippen LogP contribution is 2.25. The highest BCUT2D eigenvalue weighted by Gasteiger charge is 2.31. The van der Waals surface area contributed by atoms with Crippen LogP contribution in [-0.2, 0) is 19.4 Å².